The van der Waals surface area contributed by atoms with Gasteiger partial charge in [-0.05, 0) is 23.1 Å². The molecule has 2 aromatic carbocycles. The van der Waals surface area contributed by atoms with Gasteiger partial charge in [0.05, 0.1) is 24.4 Å². The van der Waals surface area contributed by atoms with Crippen LogP contribution < -0.4 is 5.73 Å². The molecular weight excluding hydrogens is 302 g/mol. The van der Waals surface area contributed by atoms with Gasteiger partial charge in [0.2, 0.25) is 0 Å². The van der Waals surface area contributed by atoms with Crippen LogP contribution in [-0.2, 0) is 17.6 Å². The van der Waals surface area contributed by atoms with Crippen molar-refractivity contribution >= 4 is 5.97 Å². The highest BCUT2D eigenvalue weighted by Crippen LogP contribution is 2.21. The number of aliphatic carboxylic acids is 1. The summed E-state index contributed by atoms with van der Waals surface area (Å²) in [6, 6.07) is 17.3. The fourth-order valence-electron chi connectivity index (χ4n) is 2.61. The first-order valence-corrected chi connectivity index (χ1v) is 7.77. The van der Waals surface area contributed by atoms with E-state index in [4.69, 9.17) is 10.8 Å². The molecule has 0 fully saturated rings. The number of hydrogen-bond donors (Lipinski definition) is 3. The lowest BCUT2D eigenvalue weighted by atomic mass is 10.1. The van der Waals surface area contributed by atoms with Crippen LogP contribution in [0.4, 0.5) is 0 Å². The van der Waals surface area contributed by atoms with Crippen LogP contribution in [0.3, 0.4) is 0 Å². The molecule has 0 unspecified atom stereocenters. The second-order valence-corrected chi connectivity index (χ2v) is 5.75. The topological polar surface area (TPSA) is 92.0 Å². The number of nitrogens with zero attached hydrogens (tertiary/aromatic N) is 1. The molecule has 4 N–H and O–H groups in total. The predicted molar refractivity (Wildman–Crippen MR) is 92.4 cm³/mol. The Labute approximate surface area is 140 Å². The van der Waals surface area contributed by atoms with Crippen molar-refractivity contribution < 1.29 is 9.90 Å². The van der Waals surface area contributed by atoms with Crippen LogP contribution in [-0.4, -0.2) is 21.0 Å². The number of carboxylic acids is 1. The number of carbonyl (C=O) groups is 1. The van der Waals surface area contributed by atoms with Gasteiger partial charge in [-0.3, -0.25) is 4.79 Å². The summed E-state index contributed by atoms with van der Waals surface area (Å²) in [5.41, 5.74) is 10.0. The number of carboxylic acid groups (broad SMARTS) is 1. The van der Waals surface area contributed by atoms with E-state index < -0.39 is 5.97 Å². The Morgan fingerprint density at radius 3 is 2.46 bits per heavy atom. The summed E-state index contributed by atoms with van der Waals surface area (Å²) in [6.07, 6.45) is 2.49. The highest BCUT2D eigenvalue weighted by Gasteiger charge is 2.12. The summed E-state index contributed by atoms with van der Waals surface area (Å²) in [5.74, 6) is -0.0954. The summed E-state index contributed by atoms with van der Waals surface area (Å²) in [6.45, 7) is 0. The Morgan fingerprint density at radius 2 is 1.79 bits per heavy atom. The van der Waals surface area contributed by atoms with Crippen molar-refractivity contribution in [3.8, 4) is 11.3 Å². The number of rotatable bonds is 6. The number of aromatic amines is 1. The first-order valence-electron chi connectivity index (χ1n) is 7.77. The minimum Gasteiger partial charge on any atom is -0.481 e. The van der Waals surface area contributed by atoms with Crippen molar-refractivity contribution in [1.82, 2.24) is 9.97 Å². The monoisotopic (exact) mass is 321 g/mol. The summed E-state index contributed by atoms with van der Waals surface area (Å²) in [5, 5.41) is 8.81. The van der Waals surface area contributed by atoms with E-state index in [1.807, 2.05) is 54.6 Å². The van der Waals surface area contributed by atoms with Gasteiger partial charge in [0.15, 0.2) is 0 Å². The Hall–Kier alpha value is -2.92. The third kappa shape index (κ3) is 3.88. The number of imidazole rings is 1. The molecule has 0 amide bonds. The average Bonchev–Trinajstić information content (AvgIpc) is 3.06. The number of nitrogens with two attached hydrogens (primary N) is 1. The van der Waals surface area contributed by atoms with Crippen molar-refractivity contribution in [2.75, 3.05) is 0 Å². The molecule has 0 saturated carbocycles. The molecule has 122 valence electrons. The van der Waals surface area contributed by atoms with Crippen molar-refractivity contribution in [3.63, 3.8) is 0 Å². The highest BCUT2D eigenvalue weighted by atomic mass is 16.4. The molecular formula is C19H19N3O2. The van der Waals surface area contributed by atoms with Crippen molar-refractivity contribution in [1.29, 1.82) is 0 Å². The van der Waals surface area contributed by atoms with E-state index in [0.717, 1.165) is 22.6 Å². The van der Waals surface area contributed by atoms with E-state index in [1.54, 1.807) is 6.20 Å². The fourth-order valence-corrected chi connectivity index (χ4v) is 2.61. The zero-order valence-corrected chi connectivity index (χ0v) is 13.1. The molecule has 1 atom stereocenters. The molecule has 5 heteroatoms. The number of nitrogens with one attached hydrogen (secondary N) is 1. The van der Waals surface area contributed by atoms with Crippen molar-refractivity contribution in [3.05, 3.63) is 77.7 Å². The van der Waals surface area contributed by atoms with Gasteiger partial charge < -0.3 is 15.8 Å². The molecule has 0 saturated heterocycles. The standard InChI is InChI=1S/C19H19N3O2/c20-16(10-13-4-2-1-3-5-13)19-21-12-17(22-19)15-8-6-14(7-9-15)11-18(23)24/h1-9,12,16H,10-11,20H2,(H,21,22)(H,23,24)/t16-/m0/s1. The smallest absolute Gasteiger partial charge is 0.307 e. The highest BCUT2D eigenvalue weighted by molar-refractivity contribution is 5.70. The van der Waals surface area contributed by atoms with Crippen LogP contribution in [0.1, 0.15) is 23.0 Å². The van der Waals surface area contributed by atoms with Gasteiger partial charge in [0.1, 0.15) is 5.82 Å². The van der Waals surface area contributed by atoms with Crippen LogP contribution in [0.5, 0.6) is 0 Å². The maximum Gasteiger partial charge on any atom is 0.307 e. The normalized spacial score (nSPS) is 12.0. The van der Waals surface area contributed by atoms with Gasteiger partial charge in [0, 0.05) is 0 Å². The van der Waals surface area contributed by atoms with E-state index in [9.17, 15) is 4.79 Å². The van der Waals surface area contributed by atoms with E-state index in [2.05, 4.69) is 9.97 Å². The molecule has 5 nitrogen and oxygen atoms in total. The van der Waals surface area contributed by atoms with Crippen LogP contribution in [0, 0.1) is 0 Å². The lowest BCUT2D eigenvalue weighted by Crippen LogP contribution is -2.14. The minimum absolute atomic E-state index is 0.0243. The van der Waals surface area contributed by atoms with Crippen LogP contribution in [0.25, 0.3) is 11.3 Å². The fraction of sp³-hybridized carbons (Fsp3) is 0.158. The Bertz CT molecular complexity index is 810. The SMILES string of the molecule is N[C@@H](Cc1ccccc1)c1ncc(-c2ccc(CC(=O)O)cc2)[nH]1. The maximum atomic E-state index is 10.7. The van der Waals surface area contributed by atoms with Gasteiger partial charge in [-0.25, -0.2) is 4.98 Å². The molecule has 3 rings (SSSR count). The van der Waals surface area contributed by atoms with Gasteiger partial charge >= 0.3 is 5.97 Å². The zero-order valence-electron chi connectivity index (χ0n) is 13.1. The van der Waals surface area contributed by atoms with E-state index >= 15 is 0 Å². The molecule has 0 aliphatic heterocycles. The first-order chi connectivity index (χ1) is 11.6. The molecule has 1 aromatic heterocycles. The molecule has 0 spiro atoms. The Morgan fingerprint density at radius 1 is 1.08 bits per heavy atom. The molecule has 1 heterocycles. The van der Waals surface area contributed by atoms with Gasteiger partial charge in [0.25, 0.3) is 0 Å². The Balaban J connectivity index is 1.71. The molecule has 0 radical (unpaired) electrons. The predicted octanol–water partition coefficient (Wildman–Crippen LogP) is 2.95. The number of hydrogen-bond acceptors (Lipinski definition) is 3. The van der Waals surface area contributed by atoms with Crippen LogP contribution in [0.15, 0.2) is 60.8 Å². The lowest BCUT2D eigenvalue weighted by molar-refractivity contribution is -0.136. The quantitative estimate of drug-likeness (QED) is 0.651. The van der Waals surface area contributed by atoms with Crippen molar-refractivity contribution in [2.24, 2.45) is 5.73 Å². The lowest BCUT2D eigenvalue weighted by Gasteiger charge is -2.08. The molecule has 0 bridgehead atoms. The molecule has 0 aliphatic carbocycles. The first kappa shape index (κ1) is 16.0. The van der Waals surface area contributed by atoms with E-state index in [1.165, 1.54) is 5.56 Å². The summed E-state index contributed by atoms with van der Waals surface area (Å²) in [4.78, 5) is 18.4. The van der Waals surface area contributed by atoms with Crippen LogP contribution >= 0.6 is 0 Å². The summed E-state index contributed by atoms with van der Waals surface area (Å²) in [7, 11) is 0. The third-order valence-corrected chi connectivity index (χ3v) is 3.87. The molecule has 24 heavy (non-hydrogen) atoms. The maximum absolute atomic E-state index is 10.7. The summed E-state index contributed by atoms with van der Waals surface area (Å²) >= 11 is 0. The minimum atomic E-state index is -0.835. The Kier molecular flexibility index (Phi) is 4.72. The summed E-state index contributed by atoms with van der Waals surface area (Å²) < 4.78 is 0. The average molecular weight is 321 g/mol. The zero-order chi connectivity index (χ0) is 16.9. The van der Waals surface area contributed by atoms with Crippen LogP contribution in [0.2, 0.25) is 0 Å². The number of H-pyrrole nitrogens is 1. The van der Waals surface area contributed by atoms with Gasteiger partial charge in [-0.15, -0.1) is 0 Å². The van der Waals surface area contributed by atoms with Crippen molar-refractivity contribution in [2.45, 2.75) is 18.9 Å². The largest absolute Gasteiger partial charge is 0.481 e. The molecule has 0 aliphatic rings. The van der Waals surface area contributed by atoms with Gasteiger partial charge in [-0.2, -0.15) is 0 Å². The second-order valence-electron chi connectivity index (χ2n) is 5.75. The number of aromatic nitrogens is 2. The van der Waals surface area contributed by atoms with E-state index in [0.29, 0.717) is 6.42 Å². The molecule has 3 aromatic rings. The second kappa shape index (κ2) is 7.10. The third-order valence-electron chi connectivity index (χ3n) is 3.87. The number of benzene rings is 2. The van der Waals surface area contributed by atoms with Gasteiger partial charge in [-0.1, -0.05) is 54.6 Å². The van der Waals surface area contributed by atoms with E-state index in [-0.39, 0.29) is 12.5 Å².